The zero-order valence-corrected chi connectivity index (χ0v) is 18.4. The second-order valence-electron chi connectivity index (χ2n) is 6.54. The minimum Gasteiger partial charge on any atom is -0.493 e. The first-order valence-corrected chi connectivity index (χ1v) is 9.12. The highest BCUT2D eigenvalue weighted by molar-refractivity contribution is 6.04. The van der Waals surface area contributed by atoms with Crippen molar-refractivity contribution in [3.8, 4) is 11.5 Å². The Kier molecular flexibility index (Phi) is 9.42. The second kappa shape index (κ2) is 11.5. The fourth-order valence-corrected chi connectivity index (χ4v) is 3.13. The smallest absolute Gasteiger partial charge is 0.336 e. The van der Waals surface area contributed by atoms with Gasteiger partial charge in [0.25, 0.3) is 11.6 Å². The molecule has 0 aliphatic rings. The molecule has 2 rings (SSSR count). The van der Waals surface area contributed by atoms with Gasteiger partial charge < -0.3 is 30.3 Å². The molecule has 0 aliphatic carbocycles. The molecule has 13 heteroatoms. The van der Waals surface area contributed by atoms with Crippen LogP contribution in [0.1, 0.15) is 15.9 Å². The van der Waals surface area contributed by atoms with Crippen molar-refractivity contribution in [2.75, 3.05) is 25.7 Å². The monoisotopic (exact) mass is 483 g/mol. The van der Waals surface area contributed by atoms with Gasteiger partial charge in [-0.25, -0.2) is 9.59 Å². The lowest BCUT2D eigenvalue weighted by molar-refractivity contribution is -0.384. The number of primary amides is 1. The Balaban J connectivity index is 0.00000544. The van der Waals surface area contributed by atoms with Crippen molar-refractivity contribution in [2.45, 2.75) is 12.5 Å². The average molecular weight is 484 g/mol. The summed E-state index contributed by atoms with van der Waals surface area (Å²) in [7, 11) is 2.90. The number of rotatable bonds is 11. The molecule has 33 heavy (non-hydrogen) atoms. The highest BCUT2D eigenvalue weighted by Crippen LogP contribution is 2.32. The molecule has 4 N–H and O–H groups in total. The van der Waals surface area contributed by atoms with Gasteiger partial charge in [-0.1, -0.05) is 6.07 Å². The van der Waals surface area contributed by atoms with Crippen molar-refractivity contribution in [3.63, 3.8) is 0 Å². The molecule has 0 saturated heterocycles. The van der Waals surface area contributed by atoms with Crippen molar-refractivity contribution in [2.24, 2.45) is 5.73 Å². The maximum atomic E-state index is 11.9. The first-order valence-electron chi connectivity index (χ1n) is 9.12. The number of nitro groups is 1. The van der Waals surface area contributed by atoms with Crippen molar-refractivity contribution in [3.05, 3.63) is 57.6 Å². The van der Waals surface area contributed by atoms with E-state index < -0.39 is 34.5 Å². The topological polar surface area (TPSA) is 183 Å². The minimum absolute atomic E-state index is 0. The lowest BCUT2D eigenvalue weighted by atomic mass is 10.1. The van der Waals surface area contributed by atoms with Gasteiger partial charge in [0.2, 0.25) is 6.04 Å². The van der Waals surface area contributed by atoms with Crippen LogP contribution >= 0.6 is 12.4 Å². The molecule has 0 bridgehead atoms. The normalized spacial score (nSPS) is 11.0. The van der Waals surface area contributed by atoms with E-state index >= 15 is 0 Å². The summed E-state index contributed by atoms with van der Waals surface area (Å²) in [6.45, 7) is -0.164. The fraction of sp³-hybridized carbons (Fsp3) is 0.250. The molecule has 178 valence electrons. The van der Waals surface area contributed by atoms with Gasteiger partial charge in [0.1, 0.15) is 5.69 Å². The molecule has 0 saturated carbocycles. The third kappa shape index (κ3) is 6.23. The van der Waals surface area contributed by atoms with Crippen molar-refractivity contribution in [1.82, 2.24) is 0 Å². The zero-order valence-electron chi connectivity index (χ0n) is 17.6. The summed E-state index contributed by atoms with van der Waals surface area (Å²) in [4.78, 5) is 46.6. The number of benzene rings is 2. The Morgan fingerprint density at radius 1 is 1.09 bits per heavy atom. The fourth-order valence-electron chi connectivity index (χ4n) is 3.13. The molecular weight excluding hydrogens is 462 g/mol. The third-order valence-electron chi connectivity index (χ3n) is 4.63. The Morgan fingerprint density at radius 2 is 1.73 bits per heavy atom. The maximum absolute atomic E-state index is 11.9. The van der Waals surface area contributed by atoms with Crippen molar-refractivity contribution in [1.29, 1.82) is 0 Å². The van der Waals surface area contributed by atoms with E-state index in [2.05, 4.69) is 0 Å². The number of hydrogen-bond donors (Lipinski definition) is 3. The number of nitro benzene ring substituents is 1. The van der Waals surface area contributed by atoms with E-state index in [1.54, 1.807) is 18.2 Å². The molecule has 1 unspecified atom stereocenters. The highest BCUT2D eigenvalue weighted by atomic mass is 35.5. The number of aliphatic carboxylic acids is 1. The van der Waals surface area contributed by atoms with Crippen LogP contribution in [0.25, 0.3) is 0 Å². The summed E-state index contributed by atoms with van der Waals surface area (Å²) in [5, 5.41) is 30.3. The lowest BCUT2D eigenvalue weighted by Crippen LogP contribution is -2.51. The molecule has 0 heterocycles. The van der Waals surface area contributed by atoms with Gasteiger partial charge in [-0.05, 0) is 36.2 Å². The Hall–Kier alpha value is -4.06. The molecule has 0 spiro atoms. The Morgan fingerprint density at radius 3 is 2.21 bits per heavy atom. The molecule has 0 radical (unpaired) electrons. The number of carbonyl (C=O) groups is 3. The number of aromatic carboxylic acids is 1. The minimum atomic E-state index is -1.93. The number of ether oxygens (including phenoxy) is 2. The quantitative estimate of drug-likeness (QED) is 0.241. The molecule has 2 aromatic carbocycles. The van der Waals surface area contributed by atoms with Gasteiger partial charge in [0.05, 0.1) is 24.7 Å². The van der Waals surface area contributed by atoms with Crippen LogP contribution in [0.2, 0.25) is 0 Å². The number of amides is 1. The summed E-state index contributed by atoms with van der Waals surface area (Å²) in [5.74, 6) is -3.37. The van der Waals surface area contributed by atoms with Crippen LogP contribution in [-0.4, -0.2) is 59.8 Å². The summed E-state index contributed by atoms with van der Waals surface area (Å²) >= 11 is 0. The van der Waals surface area contributed by atoms with Crippen molar-refractivity contribution < 1.29 is 39.0 Å². The van der Waals surface area contributed by atoms with E-state index in [1.807, 2.05) is 0 Å². The predicted octanol–water partition coefficient (Wildman–Crippen LogP) is 1.72. The molecule has 1 amide bonds. The SMILES string of the molecule is COc1ccc(CCN(c2ccc(C(=O)O)cc2[N+](=O)[O-])C(C(N)=O)C(=O)O)cc1OC.Cl. The van der Waals surface area contributed by atoms with Crippen LogP contribution in [-0.2, 0) is 16.0 Å². The first-order chi connectivity index (χ1) is 15.1. The highest BCUT2D eigenvalue weighted by Gasteiger charge is 2.35. The Bertz CT molecular complexity index is 1050. The summed E-state index contributed by atoms with van der Waals surface area (Å²) in [6.07, 6.45) is 0.148. The third-order valence-corrected chi connectivity index (χ3v) is 4.63. The van der Waals surface area contributed by atoms with Gasteiger partial charge >= 0.3 is 11.9 Å². The van der Waals surface area contributed by atoms with Crippen LogP contribution in [0.4, 0.5) is 11.4 Å². The lowest BCUT2D eigenvalue weighted by Gasteiger charge is -2.29. The molecule has 2 aromatic rings. The van der Waals surface area contributed by atoms with E-state index in [1.165, 1.54) is 14.2 Å². The molecule has 0 aliphatic heterocycles. The molecule has 1 atom stereocenters. The largest absolute Gasteiger partial charge is 0.493 e. The van der Waals surface area contributed by atoms with Crippen LogP contribution in [0.5, 0.6) is 11.5 Å². The van der Waals surface area contributed by atoms with E-state index in [-0.39, 0.29) is 36.6 Å². The van der Waals surface area contributed by atoms with E-state index in [0.717, 1.165) is 23.1 Å². The van der Waals surface area contributed by atoms with E-state index in [9.17, 15) is 29.6 Å². The molecular formula is C20H22ClN3O9. The summed E-state index contributed by atoms with van der Waals surface area (Å²) < 4.78 is 10.4. The molecule has 0 fully saturated rings. The average Bonchev–Trinajstić information content (AvgIpc) is 2.75. The van der Waals surface area contributed by atoms with Crippen LogP contribution < -0.4 is 20.1 Å². The predicted molar refractivity (Wildman–Crippen MR) is 119 cm³/mol. The van der Waals surface area contributed by atoms with Gasteiger partial charge in [-0.2, -0.15) is 0 Å². The van der Waals surface area contributed by atoms with Crippen LogP contribution in [0.15, 0.2) is 36.4 Å². The first kappa shape index (κ1) is 27.0. The number of nitrogens with two attached hydrogens (primary N) is 1. The number of nitrogens with zero attached hydrogens (tertiary/aromatic N) is 2. The second-order valence-corrected chi connectivity index (χ2v) is 6.54. The van der Waals surface area contributed by atoms with Crippen LogP contribution in [0.3, 0.4) is 0 Å². The van der Waals surface area contributed by atoms with Crippen LogP contribution in [0, 0.1) is 10.1 Å². The van der Waals surface area contributed by atoms with E-state index in [4.69, 9.17) is 20.3 Å². The van der Waals surface area contributed by atoms with Gasteiger partial charge in [0.15, 0.2) is 11.5 Å². The van der Waals surface area contributed by atoms with Gasteiger partial charge in [0, 0.05) is 12.6 Å². The number of carbonyl (C=O) groups excluding carboxylic acids is 1. The summed E-state index contributed by atoms with van der Waals surface area (Å²) in [5.41, 5.74) is 4.63. The molecule has 12 nitrogen and oxygen atoms in total. The number of hydrogen-bond acceptors (Lipinski definition) is 8. The zero-order chi connectivity index (χ0) is 24.0. The summed E-state index contributed by atoms with van der Waals surface area (Å²) in [6, 6.07) is 5.97. The standard InChI is InChI=1S/C20H21N3O9.ClH/c1-31-15-6-3-11(9-16(15)32-2)7-8-22(17(18(21)24)20(27)28)13-5-4-12(19(25)26)10-14(13)23(29)30;/h3-6,9-10,17H,7-8H2,1-2H3,(H2,21,24)(H,25,26)(H,27,28);1H. The number of carboxylic acid groups (broad SMARTS) is 2. The maximum Gasteiger partial charge on any atom is 0.336 e. The van der Waals surface area contributed by atoms with E-state index in [0.29, 0.717) is 17.1 Å². The number of carboxylic acids is 2. The number of anilines is 1. The van der Waals surface area contributed by atoms with Gasteiger partial charge in [-0.15, -0.1) is 12.4 Å². The van der Waals surface area contributed by atoms with Crippen molar-refractivity contribution >= 4 is 41.6 Å². The molecule has 0 aromatic heterocycles. The number of methoxy groups -OCH3 is 2. The number of halogens is 1. The Labute approximate surface area is 194 Å². The van der Waals surface area contributed by atoms with Gasteiger partial charge in [-0.3, -0.25) is 14.9 Å².